The molecule has 10 nitrogen and oxygen atoms in total. The average Bonchev–Trinajstić information content (AvgIpc) is 3.16. The maximum atomic E-state index is 12.8. The number of imidazole rings is 1. The van der Waals surface area contributed by atoms with E-state index < -0.39 is 5.97 Å². The fourth-order valence-corrected chi connectivity index (χ4v) is 3.24. The van der Waals surface area contributed by atoms with Crippen LogP contribution in [-0.4, -0.2) is 35.1 Å². The van der Waals surface area contributed by atoms with Crippen molar-refractivity contribution in [1.29, 1.82) is 0 Å². The van der Waals surface area contributed by atoms with E-state index in [1.54, 1.807) is 18.2 Å². The van der Waals surface area contributed by atoms with E-state index in [-0.39, 0.29) is 35.5 Å². The first-order valence-electron chi connectivity index (χ1n) is 10.2. The monoisotopic (exact) mass is 459 g/mol. The molecule has 11 heteroatoms. The number of nitrogens with zero attached hydrogens (tertiary/aromatic N) is 5. The SMILES string of the molecule is COC(=O)c1cccc(C(=O)Nc2nc3ccccc3n2CCCCCCN)c1.[N-]=[N+]=[N-].[Na+]. The molecule has 0 bridgehead atoms. The molecule has 3 aromatic rings. The van der Waals surface area contributed by atoms with Crippen LogP contribution in [-0.2, 0) is 11.3 Å². The molecule has 1 heterocycles. The minimum absolute atomic E-state index is 0. The van der Waals surface area contributed by atoms with Crippen molar-refractivity contribution in [2.24, 2.45) is 5.73 Å². The average molecular weight is 459 g/mol. The van der Waals surface area contributed by atoms with Crippen molar-refractivity contribution < 1.29 is 43.9 Å². The molecule has 0 aliphatic rings. The Bertz CT molecular complexity index is 1090. The van der Waals surface area contributed by atoms with E-state index in [4.69, 9.17) is 21.5 Å². The number of carbonyl (C=O) groups is 2. The van der Waals surface area contributed by atoms with Gasteiger partial charge in [0.05, 0.1) is 23.7 Å². The van der Waals surface area contributed by atoms with Gasteiger partial charge in [0.2, 0.25) is 5.95 Å². The maximum absolute atomic E-state index is 12.8. The van der Waals surface area contributed by atoms with Crippen molar-refractivity contribution in [3.63, 3.8) is 0 Å². The molecule has 0 aliphatic heterocycles. The first kappa shape index (κ1) is 28.2. The molecule has 0 atom stereocenters. The van der Waals surface area contributed by atoms with Gasteiger partial charge in [-0.15, -0.1) is 0 Å². The van der Waals surface area contributed by atoms with Crippen LogP contribution in [0.5, 0.6) is 0 Å². The van der Waals surface area contributed by atoms with Gasteiger partial charge in [0.15, 0.2) is 0 Å². The zero-order valence-electron chi connectivity index (χ0n) is 18.9. The van der Waals surface area contributed by atoms with Crippen LogP contribution >= 0.6 is 0 Å². The summed E-state index contributed by atoms with van der Waals surface area (Å²) >= 11 is 0. The van der Waals surface area contributed by atoms with E-state index in [9.17, 15) is 9.59 Å². The Morgan fingerprint density at radius 1 is 1.06 bits per heavy atom. The summed E-state index contributed by atoms with van der Waals surface area (Å²) in [5, 5.41) is 2.89. The van der Waals surface area contributed by atoms with Gasteiger partial charge in [-0.1, -0.05) is 31.0 Å². The molecule has 0 aliphatic carbocycles. The molecule has 0 saturated heterocycles. The predicted molar refractivity (Wildman–Crippen MR) is 123 cm³/mol. The van der Waals surface area contributed by atoms with Crippen LogP contribution in [0, 0.1) is 0 Å². The normalized spacial score (nSPS) is 9.76. The molecule has 168 valence electrons. The largest absolute Gasteiger partial charge is 1.00 e. The van der Waals surface area contributed by atoms with E-state index in [1.807, 2.05) is 28.8 Å². The topological polar surface area (TPSA) is 158 Å². The Morgan fingerprint density at radius 2 is 1.73 bits per heavy atom. The molecule has 0 saturated carbocycles. The molecule has 2 aromatic carbocycles. The van der Waals surface area contributed by atoms with Crippen molar-refractivity contribution >= 4 is 28.9 Å². The summed E-state index contributed by atoms with van der Waals surface area (Å²) in [6.45, 7) is 1.46. The molecule has 3 N–H and O–H groups in total. The quantitative estimate of drug-likeness (QED) is 0.124. The number of ether oxygens (including phenoxy) is 1. The second-order valence-corrected chi connectivity index (χ2v) is 6.89. The van der Waals surface area contributed by atoms with Gasteiger partial charge in [-0.05, 0) is 49.7 Å². The Morgan fingerprint density at radius 3 is 2.42 bits per heavy atom. The van der Waals surface area contributed by atoms with E-state index in [2.05, 4.69) is 10.3 Å². The number of esters is 1. The molecule has 0 spiro atoms. The van der Waals surface area contributed by atoms with Crippen molar-refractivity contribution in [2.75, 3.05) is 19.0 Å². The second kappa shape index (κ2) is 15.0. The number of anilines is 1. The number of para-hydroxylation sites is 2. The number of unbranched alkanes of at least 4 members (excludes halogenated alkanes) is 3. The summed E-state index contributed by atoms with van der Waals surface area (Å²) in [4.78, 5) is 30.6. The van der Waals surface area contributed by atoms with Gasteiger partial charge in [0, 0.05) is 12.1 Å². The number of rotatable bonds is 9. The first-order chi connectivity index (χ1) is 15.5. The fraction of sp³-hybridized carbons (Fsp3) is 0.318. The Hall–Kier alpha value is -2.88. The van der Waals surface area contributed by atoms with Crippen molar-refractivity contribution in [1.82, 2.24) is 9.55 Å². The number of nitrogens with one attached hydrogen (secondary N) is 1. The van der Waals surface area contributed by atoms with Crippen LogP contribution < -0.4 is 40.6 Å². The number of amides is 1. The molecule has 3 rings (SSSR count). The van der Waals surface area contributed by atoms with Gasteiger partial charge in [-0.3, -0.25) is 15.0 Å². The summed E-state index contributed by atoms with van der Waals surface area (Å²) < 4.78 is 6.75. The van der Waals surface area contributed by atoms with Crippen LogP contribution in [0.15, 0.2) is 48.5 Å². The van der Waals surface area contributed by atoms with E-state index in [0.29, 0.717) is 23.6 Å². The molecule has 33 heavy (non-hydrogen) atoms. The van der Waals surface area contributed by atoms with Crippen LogP contribution in [0.2, 0.25) is 0 Å². The molecular weight excluding hydrogens is 433 g/mol. The summed E-state index contributed by atoms with van der Waals surface area (Å²) in [5.74, 6) is -0.307. The minimum Gasteiger partial charge on any atom is -0.465 e. The molecule has 0 fully saturated rings. The number of hydrogen-bond donors (Lipinski definition) is 2. The summed E-state index contributed by atoms with van der Waals surface area (Å²) in [7, 11) is 1.31. The number of aryl methyl sites for hydroxylation is 1. The summed E-state index contributed by atoms with van der Waals surface area (Å²) in [6, 6.07) is 14.2. The van der Waals surface area contributed by atoms with Gasteiger partial charge < -0.3 is 26.1 Å². The molecule has 1 aromatic heterocycles. The molecule has 0 unspecified atom stereocenters. The molecule has 1 amide bonds. The van der Waals surface area contributed by atoms with Gasteiger partial charge in [0.1, 0.15) is 0 Å². The second-order valence-electron chi connectivity index (χ2n) is 6.89. The number of nitrogens with two attached hydrogens (primary N) is 1. The van der Waals surface area contributed by atoms with Gasteiger partial charge in [0.25, 0.3) is 5.91 Å². The molecule has 0 radical (unpaired) electrons. The Balaban J connectivity index is 0.00000129. The number of methoxy groups -OCH3 is 1. The van der Waals surface area contributed by atoms with Crippen molar-refractivity contribution in [3.05, 3.63) is 75.6 Å². The van der Waals surface area contributed by atoms with Gasteiger partial charge in [-0.2, -0.15) is 0 Å². The van der Waals surface area contributed by atoms with Crippen molar-refractivity contribution in [2.45, 2.75) is 32.2 Å². The third kappa shape index (κ3) is 8.20. The van der Waals surface area contributed by atoms with Crippen LogP contribution in [0.1, 0.15) is 46.4 Å². The standard InChI is InChI=1S/C22H26N4O3.N3.Na/c1-29-21(28)17-10-8-9-16(15-17)20(27)25-22-24-18-11-4-5-12-19(18)26(22)14-7-3-2-6-13-23;1-3-2;/h4-5,8-12,15H,2-3,6-7,13-14,23H2,1H3,(H,24,25,27);;/q;-1;+1. The molecular formula is C22H26N7NaO3. The Kier molecular flexibility index (Phi) is 12.8. The number of carbonyl (C=O) groups excluding carboxylic acids is 2. The third-order valence-corrected chi connectivity index (χ3v) is 4.76. The fourth-order valence-electron chi connectivity index (χ4n) is 3.24. The van der Waals surface area contributed by atoms with E-state index in [1.165, 1.54) is 18.1 Å². The third-order valence-electron chi connectivity index (χ3n) is 4.76. The number of aromatic nitrogens is 2. The number of fused-ring (bicyclic) bond motifs is 1. The van der Waals surface area contributed by atoms with Crippen LogP contribution in [0.3, 0.4) is 0 Å². The summed E-state index contributed by atoms with van der Waals surface area (Å²) in [5.41, 5.74) is 21.6. The maximum Gasteiger partial charge on any atom is 1.00 e. The smallest absolute Gasteiger partial charge is 0.465 e. The number of hydrogen-bond acceptors (Lipinski definition) is 5. The van der Waals surface area contributed by atoms with Crippen LogP contribution in [0.25, 0.3) is 27.0 Å². The first-order valence-corrected chi connectivity index (χ1v) is 10.2. The van der Waals surface area contributed by atoms with Gasteiger partial charge >= 0.3 is 35.5 Å². The van der Waals surface area contributed by atoms with Gasteiger partial charge in [-0.25, -0.2) is 9.78 Å². The summed E-state index contributed by atoms with van der Waals surface area (Å²) in [6.07, 6.45) is 4.15. The van der Waals surface area contributed by atoms with Crippen LogP contribution in [0.4, 0.5) is 5.95 Å². The van der Waals surface area contributed by atoms with E-state index >= 15 is 0 Å². The number of benzene rings is 2. The Labute approximate surface area is 214 Å². The predicted octanol–water partition coefficient (Wildman–Crippen LogP) is 1.46. The van der Waals surface area contributed by atoms with E-state index in [0.717, 1.165) is 43.3 Å². The zero-order valence-corrected chi connectivity index (χ0v) is 20.9. The van der Waals surface area contributed by atoms with Crippen molar-refractivity contribution in [3.8, 4) is 0 Å². The zero-order chi connectivity index (χ0) is 23.3. The minimum atomic E-state index is -0.482.